The third-order valence-corrected chi connectivity index (χ3v) is 4.43. The first-order valence-corrected chi connectivity index (χ1v) is 6.28. The van der Waals surface area contributed by atoms with Crippen LogP contribution in [0.5, 0.6) is 0 Å². The van der Waals surface area contributed by atoms with E-state index in [1.165, 1.54) is 0 Å². The lowest BCUT2D eigenvalue weighted by Crippen LogP contribution is -1.95. The maximum atomic E-state index is 6.05. The molecule has 0 bridgehead atoms. The van der Waals surface area contributed by atoms with Crippen molar-refractivity contribution in [2.24, 2.45) is 0 Å². The minimum atomic E-state index is 0.687. The van der Waals surface area contributed by atoms with Gasteiger partial charge in [-0.05, 0) is 44.0 Å². The van der Waals surface area contributed by atoms with E-state index in [0.717, 1.165) is 25.8 Å². The number of rotatable bonds is 1. The van der Waals surface area contributed by atoms with Gasteiger partial charge >= 0.3 is 0 Å². The lowest BCUT2D eigenvalue weighted by molar-refractivity contribution is 1.55. The summed E-state index contributed by atoms with van der Waals surface area (Å²) in [5.74, 6) is 0. The van der Waals surface area contributed by atoms with Gasteiger partial charge in [-0.3, -0.25) is 0 Å². The Bertz CT molecular complexity index is 539. The number of nitrogens with two attached hydrogens (primary N) is 2. The molecule has 0 radical (unpaired) electrons. The van der Waals surface area contributed by atoms with Crippen molar-refractivity contribution in [3.8, 4) is 11.1 Å². The Hall–Kier alpha value is -1.00. The normalized spacial score (nSPS) is 10.4. The van der Waals surface area contributed by atoms with Crippen molar-refractivity contribution in [3.05, 3.63) is 45.3 Å². The maximum Gasteiger partial charge on any atom is 0.0553 e. The van der Waals surface area contributed by atoms with Crippen molar-refractivity contribution in [1.29, 1.82) is 0 Å². The van der Waals surface area contributed by atoms with Crippen LogP contribution in [0.3, 0.4) is 0 Å². The molecule has 0 aliphatic carbocycles. The molecule has 2 aromatic carbocycles. The molecular weight excluding hydrogens is 332 g/mol. The summed E-state index contributed by atoms with van der Waals surface area (Å²) < 4.78 is 1.79. The Balaban J connectivity index is 2.66. The summed E-state index contributed by atoms with van der Waals surface area (Å²) in [4.78, 5) is 0. The Morgan fingerprint density at radius 2 is 1.50 bits per heavy atom. The highest BCUT2D eigenvalue weighted by atomic mass is 79.9. The predicted octanol–water partition coefficient (Wildman–Crippen LogP) is 4.04. The van der Waals surface area contributed by atoms with Gasteiger partial charge in [0.05, 0.1) is 10.2 Å². The van der Waals surface area contributed by atoms with Crippen molar-refractivity contribution in [2.75, 3.05) is 11.5 Å². The first-order chi connectivity index (χ1) is 7.61. The smallest absolute Gasteiger partial charge is 0.0553 e. The summed E-state index contributed by atoms with van der Waals surface area (Å²) in [6, 6.07) is 11.6. The van der Waals surface area contributed by atoms with Crippen LogP contribution >= 0.6 is 31.9 Å². The average molecular weight is 342 g/mol. The summed E-state index contributed by atoms with van der Waals surface area (Å²) in [6.07, 6.45) is 0. The molecule has 4 N–H and O–H groups in total. The molecule has 0 amide bonds. The standard InChI is InChI=1S/C12H10Br2N2/c13-9-6-5-8(12(16)11(9)14)7-3-1-2-4-10(7)15/h1-6H,15-16H2. The average Bonchev–Trinajstić information content (AvgIpc) is 2.28. The molecule has 2 rings (SSSR count). The Morgan fingerprint density at radius 1 is 0.812 bits per heavy atom. The molecule has 16 heavy (non-hydrogen) atoms. The van der Waals surface area contributed by atoms with Crippen LogP contribution in [0.25, 0.3) is 11.1 Å². The van der Waals surface area contributed by atoms with Crippen molar-refractivity contribution in [1.82, 2.24) is 0 Å². The van der Waals surface area contributed by atoms with Gasteiger partial charge in [-0.15, -0.1) is 0 Å². The second kappa shape index (κ2) is 4.47. The van der Waals surface area contributed by atoms with Crippen molar-refractivity contribution in [2.45, 2.75) is 0 Å². The lowest BCUT2D eigenvalue weighted by Gasteiger charge is -2.11. The van der Waals surface area contributed by atoms with Gasteiger partial charge in [-0.25, -0.2) is 0 Å². The van der Waals surface area contributed by atoms with Crippen LogP contribution in [0.1, 0.15) is 0 Å². The number of anilines is 2. The zero-order chi connectivity index (χ0) is 11.7. The van der Waals surface area contributed by atoms with E-state index in [0.29, 0.717) is 5.69 Å². The first-order valence-electron chi connectivity index (χ1n) is 4.69. The maximum absolute atomic E-state index is 6.05. The molecule has 0 aliphatic rings. The molecule has 2 nitrogen and oxygen atoms in total. The number of benzene rings is 2. The number of para-hydroxylation sites is 1. The highest BCUT2D eigenvalue weighted by molar-refractivity contribution is 9.13. The second-order valence-electron chi connectivity index (χ2n) is 3.41. The van der Waals surface area contributed by atoms with E-state index in [9.17, 15) is 0 Å². The Morgan fingerprint density at radius 3 is 2.19 bits per heavy atom. The predicted molar refractivity (Wildman–Crippen MR) is 76.1 cm³/mol. The highest BCUT2D eigenvalue weighted by Crippen LogP contribution is 2.38. The summed E-state index contributed by atoms with van der Waals surface area (Å²) >= 11 is 6.85. The first kappa shape index (κ1) is 11.5. The quantitative estimate of drug-likeness (QED) is 0.769. The number of halogens is 2. The third-order valence-electron chi connectivity index (χ3n) is 2.38. The fraction of sp³-hybridized carbons (Fsp3) is 0. The minimum Gasteiger partial charge on any atom is -0.398 e. The summed E-state index contributed by atoms with van der Waals surface area (Å²) in [5, 5.41) is 0. The molecule has 0 saturated carbocycles. The van der Waals surface area contributed by atoms with Crippen LogP contribution in [-0.4, -0.2) is 0 Å². The number of hydrogen-bond acceptors (Lipinski definition) is 2. The fourth-order valence-corrected chi connectivity index (χ4v) is 2.23. The van der Waals surface area contributed by atoms with Crippen molar-refractivity contribution < 1.29 is 0 Å². The van der Waals surface area contributed by atoms with Gasteiger partial charge in [0.25, 0.3) is 0 Å². The monoisotopic (exact) mass is 340 g/mol. The van der Waals surface area contributed by atoms with E-state index in [1.54, 1.807) is 0 Å². The van der Waals surface area contributed by atoms with E-state index < -0.39 is 0 Å². The molecule has 0 saturated heterocycles. The topological polar surface area (TPSA) is 52.0 Å². The van der Waals surface area contributed by atoms with Gasteiger partial charge in [-0.2, -0.15) is 0 Å². The van der Waals surface area contributed by atoms with E-state index in [2.05, 4.69) is 31.9 Å². The molecule has 0 spiro atoms. The Kier molecular flexibility index (Phi) is 3.21. The van der Waals surface area contributed by atoms with E-state index in [-0.39, 0.29) is 0 Å². The van der Waals surface area contributed by atoms with Crippen LogP contribution in [-0.2, 0) is 0 Å². The van der Waals surface area contributed by atoms with Crippen molar-refractivity contribution in [3.63, 3.8) is 0 Å². The third kappa shape index (κ3) is 1.95. The van der Waals surface area contributed by atoms with Gasteiger partial charge in [0.1, 0.15) is 0 Å². The zero-order valence-corrected chi connectivity index (χ0v) is 11.5. The fourth-order valence-electron chi connectivity index (χ4n) is 1.54. The molecule has 2 aromatic rings. The van der Waals surface area contributed by atoms with E-state index in [1.807, 2.05) is 36.4 Å². The summed E-state index contributed by atoms with van der Waals surface area (Å²) in [6.45, 7) is 0. The van der Waals surface area contributed by atoms with Gasteiger partial charge < -0.3 is 11.5 Å². The number of nitrogen functional groups attached to an aromatic ring is 2. The largest absolute Gasteiger partial charge is 0.398 e. The molecule has 4 heteroatoms. The van der Waals surface area contributed by atoms with Gasteiger partial charge in [0.15, 0.2) is 0 Å². The second-order valence-corrected chi connectivity index (χ2v) is 5.06. The molecule has 82 valence electrons. The van der Waals surface area contributed by atoms with E-state index >= 15 is 0 Å². The highest BCUT2D eigenvalue weighted by Gasteiger charge is 2.10. The Labute approximate surface area is 111 Å². The zero-order valence-electron chi connectivity index (χ0n) is 8.37. The minimum absolute atomic E-state index is 0.687. The van der Waals surface area contributed by atoms with Gasteiger partial charge in [0, 0.05) is 21.3 Å². The molecule has 0 aromatic heterocycles. The molecule has 0 aliphatic heterocycles. The molecule has 0 fully saturated rings. The van der Waals surface area contributed by atoms with Crippen LogP contribution in [0.15, 0.2) is 45.3 Å². The molecule has 0 heterocycles. The van der Waals surface area contributed by atoms with Crippen LogP contribution < -0.4 is 11.5 Å². The lowest BCUT2D eigenvalue weighted by atomic mass is 10.0. The van der Waals surface area contributed by atoms with Crippen LogP contribution in [0.2, 0.25) is 0 Å². The molecule has 0 unspecified atom stereocenters. The van der Waals surface area contributed by atoms with Gasteiger partial charge in [-0.1, -0.05) is 24.3 Å². The molecule has 0 atom stereocenters. The van der Waals surface area contributed by atoms with Crippen LogP contribution in [0.4, 0.5) is 11.4 Å². The summed E-state index contributed by atoms with van der Waals surface area (Å²) in [7, 11) is 0. The van der Waals surface area contributed by atoms with Crippen LogP contribution in [0, 0.1) is 0 Å². The van der Waals surface area contributed by atoms with E-state index in [4.69, 9.17) is 11.5 Å². The molecular formula is C12H10Br2N2. The summed E-state index contributed by atoms with van der Waals surface area (Å²) in [5.41, 5.74) is 15.3. The SMILES string of the molecule is Nc1ccccc1-c1ccc(Br)c(Br)c1N. The number of hydrogen-bond donors (Lipinski definition) is 2. The van der Waals surface area contributed by atoms with Gasteiger partial charge in [0.2, 0.25) is 0 Å². The van der Waals surface area contributed by atoms with Crippen molar-refractivity contribution >= 4 is 43.2 Å².